The number of ether oxygens (including phenoxy) is 1. The molecule has 0 saturated heterocycles. The van der Waals surface area contributed by atoms with Gasteiger partial charge in [0.15, 0.2) is 0 Å². The zero-order valence-electron chi connectivity index (χ0n) is 10.9. The molecule has 1 aliphatic carbocycles. The van der Waals surface area contributed by atoms with Gasteiger partial charge in [-0.2, -0.15) is 0 Å². The largest absolute Gasteiger partial charge is 0.383 e. The molecule has 0 spiro atoms. The molecule has 0 aromatic carbocycles. The number of hydrogen-bond acceptors (Lipinski definition) is 3. The van der Waals surface area contributed by atoms with Gasteiger partial charge in [0, 0.05) is 26.0 Å². The molecule has 0 bridgehead atoms. The van der Waals surface area contributed by atoms with Crippen molar-refractivity contribution < 1.29 is 4.74 Å². The lowest BCUT2D eigenvalue weighted by Crippen LogP contribution is -2.18. The van der Waals surface area contributed by atoms with E-state index in [1.807, 2.05) is 12.4 Å². The van der Waals surface area contributed by atoms with Gasteiger partial charge in [-0.3, -0.25) is 0 Å². The molecule has 1 heterocycles. The number of methoxy groups -OCH3 is 1. The first-order valence-electron chi connectivity index (χ1n) is 6.57. The van der Waals surface area contributed by atoms with Gasteiger partial charge in [0.1, 0.15) is 0 Å². The fourth-order valence-electron chi connectivity index (χ4n) is 2.30. The quantitative estimate of drug-likeness (QED) is 0.792. The van der Waals surface area contributed by atoms with Gasteiger partial charge in [0.25, 0.3) is 0 Å². The van der Waals surface area contributed by atoms with E-state index < -0.39 is 0 Å². The predicted octanol–water partition coefficient (Wildman–Crippen LogP) is 2.69. The summed E-state index contributed by atoms with van der Waals surface area (Å²) in [5, 5.41) is 3.43. The Kier molecular flexibility index (Phi) is 4.42. The van der Waals surface area contributed by atoms with Crippen molar-refractivity contribution in [1.82, 2.24) is 9.55 Å². The van der Waals surface area contributed by atoms with Crippen molar-refractivity contribution >= 4 is 5.95 Å². The minimum Gasteiger partial charge on any atom is -0.383 e. The van der Waals surface area contributed by atoms with Crippen molar-refractivity contribution in [3.8, 4) is 0 Å². The van der Waals surface area contributed by atoms with Crippen LogP contribution in [0, 0.1) is 5.92 Å². The lowest BCUT2D eigenvalue weighted by Gasteiger charge is -2.25. The number of anilines is 1. The second-order valence-corrected chi connectivity index (χ2v) is 4.97. The molecule has 1 fully saturated rings. The van der Waals surface area contributed by atoms with Gasteiger partial charge < -0.3 is 14.6 Å². The average Bonchev–Trinajstić information content (AvgIpc) is 2.70. The Morgan fingerprint density at radius 3 is 3.06 bits per heavy atom. The highest BCUT2D eigenvalue weighted by molar-refractivity contribution is 5.26. The van der Waals surface area contributed by atoms with Crippen LogP contribution in [0.25, 0.3) is 0 Å². The number of rotatable bonds is 7. The molecule has 1 aromatic heterocycles. The van der Waals surface area contributed by atoms with E-state index in [1.54, 1.807) is 7.11 Å². The zero-order valence-corrected chi connectivity index (χ0v) is 10.9. The molecule has 2 rings (SSSR count). The average molecular weight is 237 g/mol. The van der Waals surface area contributed by atoms with Gasteiger partial charge in [0.2, 0.25) is 5.95 Å². The number of nitrogens with one attached hydrogen (secondary N) is 1. The third-order valence-electron chi connectivity index (χ3n) is 3.61. The van der Waals surface area contributed by atoms with Crippen LogP contribution in [0.1, 0.15) is 38.6 Å². The van der Waals surface area contributed by atoms with Gasteiger partial charge in [-0.15, -0.1) is 0 Å². The van der Waals surface area contributed by atoms with E-state index >= 15 is 0 Å². The monoisotopic (exact) mass is 237 g/mol. The first-order valence-corrected chi connectivity index (χ1v) is 6.57. The Morgan fingerprint density at radius 1 is 1.59 bits per heavy atom. The maximum atomic E-state index is 5.18. The molecular weight excluding hydrogens is 214 g/mol. The highest BCUT2D eigenvalue weighted by Crippen LogP contribution is 2.29. The Bertz CT molecular complexity index is 333. The number of hydrogen-bond donors (Lipinski definition) is 1. The third kappa shape index (κ3) is 3.22. The summed E-state index contributed by atoms with van der Waals surface area (Å²) in [6.45, 7) is 3.89. The molecule has 96 valence electrons. The van der Waals surface area contributed by atoms with Crippen LogP contribution in [-0.2, 0) is 4.74 Å². The molecule has 1 aliphatic rings. The highest BCUT2D eigenvalue weighted by Gasteiger charge is 2.17. The van der Waals surface area contributed by atoms with Gasteiger partial charge in [-0.05, 0) is 19.3 Å². The van der Waals surface area contributed by atoms with E-state index in [4.69, 9.17) is 4.74 Å². The topological polar surface area (TPSA) is 39.1 Å². The third-order valence-corrected chi connectivity index (χ3v) is 3.61. The first kappa shape index (κ1) is 12.4. The number of nitrogens with zero attached hydrogens (tertiary/aromatic N) is 2. The van der Waals surface area contributed by atoms with E-state index in [2.05, 4.69) is 21.8 Å². The predicted molar refractivity (Wildman–Crippen MR) is 69.3 cm³/mol. The van der Waals surface area contributed by atoms with Crippen molar-refractivity contribution in [3.63, 3.8) is 0 Å². The molecule has 0 aliphatic heterocycles. The summed E-state index contributed by atoms with van der Waals surface area (Å²) in [5.74, 6) is 1.91. The summed E-state index contributed by atoms with van der Waals surface area (Å²) >= 11 is 0. The van der Waals surface area contributed by atoms with Crippen LogP contribution >= 0.6 is 0 Å². The van der Waals surface area contributed by atoms with Gasteiger partial charge in [-0.1, -0.05) is 19.3 Å². The van der Waals surface area contributed by atoms with Crippen molar-refractivity contribution in [2.75, 3.05) is 25.6 Å². The summed E-state index contributed by atoms with van der Waals surface area (Å²) in [6.07, 6.45) is 9.37. The molecule has 0 amide bonds. The maximum absolute atomic E-state index is 5.18. The molecule has 1 N–H and O–H groups in total. The molecule has 0 radical (unpaired) electrons. The molecule has 1 unspecified atom stereocenters. The molecule has 4 nitrogen and oxygen atoms in total. The molecule has 1 aromatic rings. The van der Waals surface area contributed by atoms with Gasteiger partial charge >= 0.3 is 0 Å². The first-order chi connectivity index (χ1) is 8.31. The molecule has 1 atom stereocenters. The maximum Gasteiger partial charge on any atom is 0.203 e. The SMILES string of the molecule is COCC(C)n1ccnc1NCCC1CCC1. The van der Waals surface area contributed by atoms with Crippen LogP contribution in [0.2, 0.25) is 0 Å². The number of imidazole rings is 1. The van der Waals surface area contributed by atoms with Gasteiger partial charge in [-0.25, -0.2) is 4.98 Å². The van der Waals surface area contributed by atoms with E-state index in [1.165, 1.54) is 25.7 Å². The van der Waals surface area contributed by atoms with Crippen molar-refractivity contribution in [1.29, 1.82) is 0 Å². The smallest absolute Gasteiger partial charge is 0.203 e. The van der Waals surface area contributed by atoms with Crippen LogP contribution in [0.4, 0.5) is 5.95 Å². The summed E-state index contributed by atoms with van der Waals surface area (Å²) < 4.78 is 7.32. The molecular formula is C13H23N3O. The normalized spacial score (nSPS) is 17.8. The summed E-state index contributed by atoms with van der Waals surface area (Å²) in [4.78, 5) is 4.36. The summed E-state index contributed by atoms with van der Waals surface area (Å²) in [7, 11) is 1.73. The second-order valence-electron chi connectivity index (χ2n) is 4.97. The van der Waals surface area contributed by atoms with Gasteiger partial charge in [0.05, 0.1) is 12.6 Å². The fourth-order valence-corrected chi connectivity index (χ4v) is 2.30. The van der Waals surface area contributed by atoms with Crippen LogP contribution in [-0.4, -0.2) is 29.8 Å². The minimum atomic E-state index is 0.328. The van der Waals surface area contributed by atoms with E-state index in [9.17, 15) is 0 Å². The Labute approximate surface area is 103 Å². The van der Waals surface area contributed by atoms with E-state index in [-0.39, 0.29) is 0 Å². The highest BCUT2D eigenvalue weighted by atomic mass is 16.5. The molecule has 4 heteroatoms. The zero-order chi connectivity index (χ0) is 12.1. The summed E-state index contributed by atoms with van der Waals surface area (Å²) in [6, 6.07) is 0.328. The molecule has 17 heavy (non-hydrogen) atoms. The van der Waals surface area contributed by atoms with Crippen LogP contribution in [0.5, 0.6) is 0 Å². The Hall–Kier alpha value is -1.03. The van der Waals surface area contributed by atoms with E-state index in [0.717, 1.165) is 18.4 Å². The lowest BCUT2D eigenvalue weighted by molar-refractivity contribution is 0.163. The van der Waals surface area contributed by atoms with Crippen LogP contribution in [0.3, 0.4) is 0 Å². The van der Waals surface area contributed by atoms with Crippen molar-refractivity contribution in [3.05, 3.63) is 12.4 Å². The summed E-state index contributed by atoms with van der Waals surface area (Å²) in [5.41, 5.74) is 0. The second kappa shape index (κ2) is 6.05. The Balaban J connectivity index is 1.80. The van der Waals surface area contributed by atoms with Crippen LogP contribution in [0.15, 0.2) is 12.4 Å². The standard InChI is InChI=1S/C13H23N3O/c1-11(10-17-2)16-9-8-15-13(16)14-7-6-12-4-3-5-12/h8-9,11-12H,3-7,10H2,1-2H3,(H,14,15). The van der Waals surface area contributed by atoms with Crippen molar-refractivity contribution in [2.24, 2.45) is 5.92 Å². The Morgan fingerprint density at radius 2 is 2.41 bits per heavy atom. The van der Waals surface area contributed by atoms with E-state index in [0.29, 0.717) is 12.6 Å². The van der Waals surface area contributed by atoms with Crippen molar-refractivity contribution in [2.45, 2.75) is 38.6 Å². The van der Waals surface area contributed by atoms with Crippen LogP contribution < -0.4 is 5.32 Å². The minimum absolute atomic E-state index is 0.328. The number of aromatic nitrogens is 2. The fraction of sp³-hybridized carbons (Fsp3) is 0.769. The molecule has 1 saturated carbocycles. The lowest BCUT2D eigenvalue weighted by atomic mass is 9.83.